The van der Waals surface area contributed by atoms with Crippen LogP contribution in [0.4, 0.5) is 0 Å². The quantitative estimate of drug-likeness (QED) is 0.646. The number of nitrogens with one attached hydrogen (secondary N) is 1. The molecule has 8 nitrogen and oxygen atoms in total. The molecule has 0 unspecified atom stereocenters. The number of rotatable bonds is 7. The van der Waals surface area contributed by atoms with Gasteiger partial charge in [-0.3, -0.25) is 9.69 Å². The maximum Gasteiger partial charge on any atom is 0.243 e. The fourth-order valence-corrected chi connectivity index (χ4v) is 5.69. The van der Waals surface area contributed by atoms with Crippen molar-refractivity contribution in [3.8, 4) is 11.5 Å². The summed E-state index contributed by atoms with van der Waals surface area (Å²) in [7, 11) is -3.66. The van der Waals surface area contributed by atoms with E-state index < -0.39 is 10.0 Å². The van der Waals surface area contributed by atoms with Crippen molar-refractivity contribution in [3.05, 3.63) is 54.1 Å². The monoisotopic (exact) mass is 487 g/mol. The molecule has 1 amide bonds. The maximum absolute atomic E-state index is 13.2. The minimum atomic E-state index is -3.66. The predicted molar refractivity (Wildman–Crippen MR) is 130 cm³/mol. The summed E-state index contributed by atoms with van der Waals surface area (Å²) in [6.45, 7) is 7.21. The molecule has 34 heavy (non-hydrogen) atoms. The molecule has 1 saturated heterocycles. The van der Waals surface area contributed by atoms with Crippen LogP contribution in [0.5, 0.6) is 11.5 Å². The average molecular weight is 488 g/mol. The number of hydrogen-bond donors (Lipinski definition) is 1. The number of piperazine rings is 1. The largest absolute Gasteiger partial charge is 0.490 e. The summed E-state index contributed by atoms with van der Waals surface area (Å²) in [6, 6.07) is 14.5. The number of fused-ring (bicyclic) bond motifs is 1. The van der Waals surface area contributed by atoms with Gasteiger partial charge in [0.2, 0.25) is 15.9 Å². The molecule has 0 aliphatic carbocycles. The first kappa shape index (κ1) is 24.5. The Labute approximate surface area is 201 Å². The van der Waals surface area contributed by atoms with Crippen molar-refractivity contribution < 1.29 is 22.7 Å². The SMILES string of the molecule is C[C@H](CNC(=O)[C@H](C)N1CCN(S(=O)(=O)c2ccc3c(c2)OCCCO3)CC1)c1ccccc1. The number of carbonyl (C=O) groups is 1. The lowest BCUT2D eigenvalue weighted by atomic mass is 10.0. The van der Waals surface area contributed by atoms with Gasteiger partial charge in [-0.05, 0) is 30.5 Å². The fraction of sp³-hybridized carbons (Fsp3) is 0.480. The first-order chi connectivity index (χ1) is 16.4. The van der Waals surface area contributed by atoms with Crippen molar-refractivity contribution in [2.75, 3.05) is 45.9 Å². The van der Waals surface area contributed by atoms with E-state index >= 15 is 0 Å². The molecule has 0 aromatic heterocycles. The summed E-state index contributed by atoms with van der Waals surface area (Å²) in [5.74, 6) is 1.21. The summed E-state index contributed by atoms with van der Waals surface area (Å²) >= 11 is 0. The second-order valence-electron chi connectivity index (χ2n) is 8.83. The van der Waals surface area contributed by atoms with Gasteiger partial charge in [0.15, 0.2) is 11.5 Å². The minimum absolute atomic E-state index is 0.0398. The number of carbonyl (C=O) groups excluding carboxylic acids is 1. The molecule has 4 rings (SSSR count). The zero-order chi connectivity index (χ0) is 24.1. The van der Waals surface area contributed by atoms with Gasteiger partial charge in [-0.1, -0.05) is 37.3 Å². The van der Waals surface area contributed by atoms with Crippen LogP contribution in [0.15, 0.2) is 53.4 Å². The van der Waals surface area contributed by atoms with Crippen molar-refractivity contribution in [2.24, 2.45) is 0 Å². The highest BCUT2D eigenvalue weighted by molar-refractivity contribution is 7.89. The van der Waals surface area contributed by atoms with E-state index in [-0.39, 0.29) is 22.8 Å². The Morgan fingerprint density at radius 1 is 0.971 bits per heavy atom. The average Bonchev–Trinajstić information content (AvgIpc) is 3.12. The summed E-state index contributed by atoms with van der Waals surface area (Å²) in [5, 5.41) is 3.04. The molecule has 9 heteroatoms. The van der Waals surface area contributed by atoms with Gasteiger partial charge in [-0.15, -0.1) is 0 Å². The number of sulfonamides is 1. The number of amides is 1. The van der Waals surface area contributed by atoms with Crippen LogP contribution < -0.4 is 14.8 Å². The van der Waals surface area contributed by atoms with E-state index in [1.807, 2.05) is 30.0 Å². The lowest BCUT2D eigenvalue weighted by molar-refractivity contribution is -0.126. The van der Waals surface area contributed by atoms with Crippen molar-refractivity contribution in [2.45, 2.75) is 37.1 Å². The van der Waals surface area contributed by atoms with Crippen molar-refractivity contribution in [3.63, 3.8) is 0 Å². The van der Waals surface area contributed by atoms with E-state index in [0.717, 1.165) is 6.42 Å². The Morgan fingerprint density at radius 3 is 2.35 bits per heavy atom. The molecule has 0 spiro atoms. The van der Waals surface area contributed by atoms with E-state index in [4.69, 9.17) is 9.47 Å². The van der Waals surface area contributed by atoms with Crippen LogP contribution in [0, 0.1) is 0 Å². The smallest absolute Gasteiger partial charge is 0.243 e. The maximum atomic E-state index is 13.2. The molecule has 2 aliphatic rings. The molecule has 2 aromatic rings. The van der Waals surface area contributed by atoms with Gasteiger partial charge in [0, 0.05) is 45.2 Å². The molecule has 0 bridgehead atoms. The standard InChI is InChI=1S/C25H33N3O5S/c1-19(21-7-4-3-5-8-21)18-26-25(29)20(2)27-11-13-28(14-12-27)34(30,31)22-9-10-23-24(17-22)33-16-6-15-32-23/h3-5,7-10,17,19-20H,6,11-16,18H2,1-2H3,(H,26,29)/t19-,20+/m1/s1. The van der Waals surface area contributed by atoms with E-state index in [2.05, 4.69) is 24.4 Å². The normalized spacial score (nSPS) is 19.1. The zero-order valence-electron chi connectivity index (χ0n) is 19.8. The molecular formula is C25H33N3O5S. The van der Waals surface area contributed by atoms with Gasteiger partial charge < -0.3 is 14.8 Å². The first-order valence-electron chi connectivity index (χ1n) is 11.8. The molecule has 0 saturated carbocycles. The zero-order valence-corrected chi connectivity index (χ0v) is 20.6. The first-order valence-corrected chi connectivity index (χ1v) is 13.3. The van der Waals surface area contributed by atoms with Crippen LogP contribution in [0.1, 0.15) is 31.7 Å². The van der Waals surface area contributed by atoms with E-state index in [9.17, 15) is 13.2 Å². The van der Waals surface area contributed by atoms with E-state index in [0.29, 0.717) is 57.4 Å². The topological polar surface area (TPSA) is 88.2 Å². The van der Waals surface area contributed by atoms with Crippen LogP contribution in [-0.4, -0.2) is 75.5 Å². The number of ether oxygens (including phenoxy) is 2. The van der Waals surface area contributed by atoms with Gasteiger partial charge >= 0.3 is 0 Å². The Bertz CT molecular complexity index is 1080. The molecule has 184 valence electrons. The van der Waals surface area contributed by atoms with Gasteiger partial charge in [-0.25, -0.2) is 8.42 Å². The van der Waals surface area contributed by atoms with Crippen molar-refractivity contribution >= 4 is 15.9 Å². The summed E-state index contributed by atoms with van der Waals surface area (Å²) < 4.78 is 39.2. The number of benzene rings is 2. The Balaban J connectivity index is 1.31. The van der Waals surface area contributed by atoms with Gasteiger partial charge in [0.1, 0.15) is 0 Å². The predicted octanol–water partition coefficient (Wildman–Crippen LogP) is 2.46. The molecule has 2 aliphatic heterocycles. The van der Waals surface area contributed by atoms with Gasteiger partial charge in [0.05, 0.1) is 24.2 Å². The van der Waals surface area contributed by atoms with Gasteiger partial charge in [0.25, 0.3) is 0 Å². The summed E-state index contributed by atoms with van der Waals surface area (Å²) in [4.78, 5) is 15.0. The van der Waals surface area contributed by atoms with Gasteiger partial charge in [-0.2, -0.15) is 4.31 Å². The van der Waals surface area contributed by atoms with Crippen LogP contribution in [0.25, 0.3) is 0 Å². The molecule has 2 heterocycles. The third-order valence-electron chi connectivity index (χ3n) is 6.51. The highest BCUT2D eigenvalue weighted by Gasteiger charge is 2.32. The fourth-order valence-electron chi connectivity index (χ4n) is 4.25. The van der Waals surface area contributed by atoms with Crippen LogP contribution >= 0.6 is 0 Å². The van der Waals surface area contributed by atoms with Crippen LogP contribution in [0.2, 0.25) is 0 Å². The van der Waals surface area contributed by atoms with E-state index in [1.54, 1.807) is 18.2 Å². The summed E-state index contributed by atoms with van der Waals surface area (Å²) in [5.41, 5.74) is 1.18. The summed E-state index contributed by atoms with van der Waals surface area (Å²) in [6.07, 6.45) is 0.760. The van der Waals surface area contributed by atoms with Crippen molar-refractivity contribution in [1.82, 2.24) is 14.5 Å². The third-order valence-corrected chi connectivity index (χ3v) is 8.40. The highest BCUT2D eigenvalue weighted by atomic mass is 32.2. The molecular weight excluding hydrogens is 454 g/mol. The molecule has 1 N–H and O–H groups in total. The molecule has 1 fully saturated rings. The molecule has 0 radical (unpaired) electrons. The third kappa shape index (κ3) is 5.54. The highest BCUT2D eigenvalue weighted by Crippen LogP contribution is 2.33. The Hall–Kier alpha value is -2.62. The Morgan fingerprint density at radius 2 is 1.65 bits per heavy atom. The van der Waals surface area contributed by atoms with Crippen molar-refractivity contribution in [1.29, 1.82) is 0 Å². The van der Waals surface area contributed by atoms with Crippen LogP contribution in [0.3, 0.4) is 0 Å². The number of nitrogens with zero attached hydrogens (tertiary/aromatic N) is 2. The molecule has 2 aromatic carbocycles. The Kier molecular flexibility index (Phi) is 7.75. The lowest BCUT2D eigenvalue weighted by Crippen LogP contribution is -2.55. The second-order valence-corrected chi connectivity index (χ2v) is 10.8. The van der Waals surface area contributed by atoms with E-state index in [1.165, 1.54) is 9.87 Å². The van der Waals surface area contributed by atoms with Crippen LogP contribution in [-0.2, 0) is 14.8 Å². The second kappa shape index (κ2) is 10.8. The number of hydrogen-bond acceptors (Lipinski definition) is 6. The molecule has 2 atom stereocenters. The minimum Gasteiger partial charge on any atom is -0.490 e. The lowest BCUT2D eigenvalue weighted by Gasteiger charge is -2.36.